The highest BCUT2D eigenvalue weighted by Gasteiger charge is 2.45. The van der Waals surface area contributed by atoms with Crippen LogP contribution in [0.25, 0.3) is 0 Å². The van der Waals surface area contributed by atoms with Gasteiger partial charge >= 0.3 is 0 Å². The van der Waals surface area contributed by atoms with E-state index in [-0.39, 0.29) is 5.60 Å². The Morgan fingerprint density at radius 3 is 2.86 bits per heavy atom. The smallest absolute Gasteiger partial charge is 0.231 e. The molecule has 0 radical (unpaired) electrons. The maximum Gasteiger partial charge on any atom is 0.231 e. The van der Waals surface area contributed by atoms with Gasteiger partial charge in [-0.3, -0.25) is 0 Å². The molecule has 22 heavy (non-hydrogen) atoms. The van der Waals surface area contributed by atoms with Crippen LogP contribution < -0.4 is 19.5 Å². The second kappa shape index (κ2) is 5.65. The highest BCUT2D eigenvalue weighted by molar-refractivity contribution is 5.59. The maximum absolute atomic E-state index is 6.51. The Labute approximate surface area is 132 Å². The van der Waals surface area contributed by atoms with Crippen LogP contribution in [-0.2, 0) is 0 Å². The summed E-state index contributed by atoms with van der Waals surface area (Å²) in [6.45, 7) is 3.59. The van der Waals surface area contributed by atoms with Crippen molar-refractivity contribution in [3.63, 3.8) is 0 Å². The average molecular weight is 303 g/mol. The van der Waals surface area contributed by atoms with E-state index in [0.717, 1.165) is 43.1 Å². The lowest BCUT2D eigenvalue weighted by molar-refractivity contribution is 0.0330. The van der Waals surface area contributed by atoms with Crippen LogP contribution in [-0.4, -0.2) is 18.9 Å². The molecular weight excluding hydrogens is 278 g/mol. The van der Waals surface area contributed by atoms with E-state index in [1.165, 1.54) is 31.2 Å². The number of nitrogens with one attached hydrogen (secondary N) is 1. The van der Waals surface area contributed by atoms with Crippen molar-refractivity contribution in [1.82, 2.24) is 5.32 Å². The van der Waals surface area contributed by atoms with Crippen molar-refractivity contribution in [3.05, 3.63) is 17.7 Å². The molecule has 120 valence electrons. The zero-order chi connectivity index (χ0) is 15.0. The van der Waals surface area contributed by atoms with Gasteiger partial charge in [0, 0.05) is 18.0 Å². The van der Waals surface area contributed by atoms with Gasteiger partial charge in [0.15, 0.2) is 11.5 Å². The number of ether oxygens (including phenoxy) is 3. The molecule has 1 aromatic carbocycles. The lowest BCUT2D eigenvalue weighted by Gasteiger charge is -2.40. The van der Waals surface area contributed by atoms with Gasteiger partial charge in [-0.15, -0.1) is 0 Å². The van der Waals surface area contributed by atoms with Gasteiger partial charge in [-0.1, -0.05) is 13.3 Å². The predicted molar refractivity (Wildman–Crippen MR) is 84.7 cm³/mol. The lowest BCUT2D eigenvalue weighted by Crippen LogP contribution is -2.42. The van der Waals surface area contributed by atoms with Crippen LogP contribution in [0, 0.1) is 0 Å². The van der Waals surface area contributed by atoms with Crippen molar-refractivity contribution in [2.24, 2.45) is 0 Å². The first-order valence-electron chi connectivity index (χ1n) is 8.66. The average Bonchev–Trinajstić information content (AvgIpc) is 3.17. The summed E-state index contributed by atoms with van der Waals surface area (Å²) < 4.78 is 17.7. The Kier molecular flexibility index (Phi) is 3.65. The van der Waals surface area contributed by atoms with E-state index in [9.17, 15) is 0 Å². The topological polar surface area (TPSA) is 39.7 Å². The van der Waals surface area contributed by atoms with E-state index in [1.54, 1.807) is 0 Å². The Morgan fingerprint density at radius 2 is 2.05 bits per heavy atom. The molecule has 1 fully saturated rings. The van der Waals surface area contributed by atoms with Crippen LogP contribution in [0.1, 0.15) is 63.5 Å². The fourth-order valence-corrected chi connectivity index (χ4v) is 4.04. The molecule has 3 aliphatic rings. The highest BCUT2D eigenvalue weighted by atomic mass is 16.7. The van der Waals surface area contributed by atoms with Crippen LogP contribution in [0.4, 0.5) is 0 Å². The monoisotopic (exact) mass is 303 g/mol. The molecule has 0 aromatic heterocycles. The minimum atomic E-state index is -0.00203. The Morgan fingerprint density at radius 1 is 1.18 bits per heavy atom. The summed E-state index contributed by atoms with van der Waals surface area (Å²) >= 11 is 0. The van der Waals surface area contributed by atoms with Crippen molar-refractivity contribution in [1.29, 1.82) is 0 Å². The molecule has 0 saturated heterocycles. The van der Waals surface area contributed by atoms with Crippen LogP contribution in [0.3, 0.4) is 0 Å². The third kappa shape index (κ3) is 2.34. The van der Waals surface area contributed by atoms with Crippen molar-refractivity contribution in [2.45, 2.75) is 63.5 Å². The first kappa shape index (κ1) is 14.2. The normalized spacial score (nSPS) is 24.3. The van der Waals surface area contributed by atoms with Gasteiger partial charge in [0.05, 0.1) is 0 Å². The van der Waals surface area contributed by atoms with Crippen molar-refractivity contribution in [3.8, 4) is 17.2 Å². The summed E-state index contributed by atoms with van der Waals surface area (Å²) in [5.41, 5.74) is 1.23. The number of hydrogen-bond donors (Lipinski definition) is 1. The van der Waals surface area contributed by atoms with Gasteiger partial charge in [-0.25, -0.2) is 0 Å². The zero-order valence-corrected chi connectivity index (χ0v) is 13.3. The molecule has 1 unspecified atom stereocenters. The van der Waals surface area contributed by atoms with E-state index in [2.05, 4.69) is 18.3 Å². The molecule has 4 rings (SSSR count). The van der Waals surface area contributed by atoms with E-state index < -0.39 is 0 Å². The number of rotatable bonds is 4. The van der Waals surface area contributed by atoms with Crippen LogP contribution in [0.15, 0.2) is 12.1 Å². The van der Waals surface area contributed by atoms with Gasteiger partial charge in [0.2, 0.25) is 12.5 Å². The molecule has 0 amide bonds. The largest absolute Gasteiger partial charge is 0.483 e. The number of benzene rings is 1. The van der Waals surface area contributed by atoms with Gasteiger partial charge in [0.1, 0.15) is 5.60 Å². The maximum atomic E-state index is 6.51. The number of fused-ring (bicyclic) bond motifs is 3. The Hall–Kier alpha value is -1.42. The van der Waals surface area contributed by atoms with Gasteiger partial charge < -0.3 is 19.5 Å². The highest BCUT2D eigenvalue weighted by Crippen LogP contribution is 2.53. The molecule has 2 aliphatic heterocycles. The summed E-state index contributed by atoms with van der Waals surface area (Å²) in [6, 6.07) is 4.53. The van der Waals surface area contributed by atoms with Crippen molar-refractivity contribution < 1.29 is 14.2 Å². The summed E-state index contributed by atoms with van der Waals surface area (Å²) in [5, 5.41) is 3.74. The third-order valence-electron chi connectivity index (χ3n) is 5.23. The summed E-state index contributed by atoms with van der Waals surface area (Å²) in [5.74, 6) is 2.56. The van der Waals surface area contributed by atoms with Crippen LogP contribution in [0.5, 0.6) is 17.2 Å². The van der Waals surface area contributed by atoms with E-state index in [0.29, 0.717) is 12.8 Å². The second-order valence-corrected chi connectivity index (χ2v) is 6.77. The van der Waals surface area contributed by atoms with E-state index >= 15 is 0 Å². The summed E-state index contributed by atoms with van der Waals surface area (Å²) in [6.07, 6.45) is 8.35. The minimum Gasteiger partial charge on any atom is -0.483 e. The number of unbranched alkanes of at least 4 members (excludes halogenated alkanes) is 1. The molecule has 1 spiro atoms. The van der Waals surface area contributed by atoms with Gasteiger partial charge in [0.25, 0.3) is 0 Å². The molecule has 1 N–H and O–H groups in total. The predicted octanol–water partition coefficient (Wildman–Crippen LogP) is 3.94. The van der Waals surface area contributed by atoms with Crippen LogP contribution in [0.2, 0.25) is 0 Å². The SMILES string of the molecule is CCCCNC1CC2(CCCC2)Oc2c1ccc1c2OCO1. The molecule has 1 aromatic rings. The summed E-state index contributed by atoms with van der Waals surface area (Å²) in [4.78, 5) is 0. The summed E-state index contributed by atoms with van der Waals surface area (Å²) in [7, 11) is 0. The molecule has 4 heteroatoms. The molecule has 1 saturated carbocycles. The van der Waals surface area contributed by atoms with Gasteiger partial charge in [-0.05, 0) is 50.8 Å². The zero-order valence-electron chi connectivity index (χ0n) is 13.3. The van der Waals surface area contributed by atoms with E-state index in [4.69, 9.17) is 14.2 Å². The molecule has 0 bridgehead atoms. The molecule has 2 heterocycles. The van der Waals surface area contributed by atoms with Crippen molar-refractivity contribution in [2.75, 3.05) is 13.3 Å². The number of hydrogen-bond acceptors (Lipinski definition) is 4. The Bertz CT molecular complexity index is 552. The molecule has 1 aliphatic carbocycles. The Balaban J connectivity index is 1.68. The van der Waals surface area contributed by atoms with E-state index in [1.807, 2.05) is 6.07 Å². The van der Waals surface area contributed by atoms with Crippen LogP contribution >= 0.6 is 0 Å². The van der Waals surface area contributed by atoms with Gasteiger partial charge in [-0.2, -0.15) is 0 Å². The quantitative estimate of drug-likeness (QED) is 0.855. The molecular formula is C18H25NO3. The first-order chi connectivity index (χ1) is 10.8. The fraction of sp³-hybridized carbons (Fsp3) is 0.667. The first-order valence-corrected chi connectivity index (χ1v) is 8.66. The minimum absolute atomic E-state index is 0.00203. The van der Waals surface area contributed by atoms with Crippen molar-refractivity contribution >= 4 is 0 Å². The third-order valence-corrected chi connectivity index (χ3v) is 5.23. The lowest BCUT2D eigenvalue weighted by atomic mass is 9.85. The molecule has 1 atom stereocenters. The fourth-order valence-electron chi connectivity index (χ4n) is 4.04. The molecule has 4 nitrogen and oxygen atoms in total. The second-order valence-electron chi connectivity index (χ2n) is 6.77. The standard InChI is InChI=1S/C18H25NO3/c1-2-3-10-19-14-11-18(8-4-5-9-18)22-16-13(14)6-7-15-17(16)21-12-20-15/h6-7,14,19H,2-5,8-12H2,1H3.